The quantitative estimate of drug-likeness (QED) is 0.768. The summed E-state index contributed by atoms with van der Waals surface area (Å²) in [6.07, 6.45) is 3.32. The molecule has 0 bridgehead atoms. The van der Waals surface area contributed by atoms with E-state index in [4.69, 9.17) is 0 Å². The number of aryl methyl sites for hydroxylation is 1. The van der Waals surface area contributed by atoms with Gasteiger partial charge in [0, 0.05) is 25.0 Å². The van der Waals surface area contributed by atoms with Crippen molar-refractivity contribution in [2.75, 3.05) is 11.5 Å². The second kappa shape index (κ2) is 7.05. The molecule has 0 N–H and O–H groups in total. The number of rotatable bonds is 5. The largest absolute Gasteiger partial charge is 0.264 e. The highest BCUT2D eigenvalue weighted by atomic mass is 32.2. The van der Waals surface area contributed by atoms with Crippen molar-refractivity contribution in [2.45, 2.75) is 30.8 Å². The number of nitrogens with zero attached hydrogens (tertiary/aromatic N) is 2. The molecule has 0 spiro atoms. The van der Waals surface area contributed by atoms with E-state index >= 15 is 0 Å². The molecule has 2 aromatic rings. The Balaban J connectivity index is 2.05. The van der Waals surface area contributed by atoms with Crippen LogP contribution in [0.5, 0.6) is 0 Å². The van der Waals surface area contributed by atoms with Crippen LogP contribution in [-0.4, -0.2) is 43.7 Å². The molecule has 0 radical (unpaired) electrons. The topological polar surface area (TPSA) is 84.4 Å². The number of hydrogen-bond acceptors (Lipinski definition) is 5. The summed E-state index contributed by atoms with van der Waals surface area (Å²) in [5.41, 5.74) is 1.04. The molecule has 1 fully saturated rings. The zero-order valence-electron chi connectivity index (χ0n) is 14.2. The van der Waals surface area contributed by atoms with Crippen molar-refractivity contribution in [1.29, 1.82) is 0 Å². The first-order chi connectivity index (χ1) is 12.2. The van der Waals surface area contributed by atoms with Crippen LogP contribution in [0.15, 0.2) is 47.6 Å². The Morgan fingerprint density at radius 1 is 1.31 bits per heavy atom. The van der Waals surface area contributed by atoms with Gasteiger partial charge in [0.25, 0.3) is 0 Å². The van der Waals surface area contributed by atoms with Gasteiger partial charge in [-0.05, 0) is 42.7 Å². The smallest absolute Gasteiger partial charge is 0.244 e. The first-order valence-corrected chi connectivity index (χ1v) is 11.3. The van der Waals surface area contributed by atoms with E-state index in [2.05, 4.69) is 4.98 Å². The summed E-state index contributed by atoms with van der Waals surface area (Å²) in [7, 11) is -7.37. The van der Waals surface area contributed by atoms with Crippen molar-refractivity contribution in [3.63, 3.8) is 0 Å². The van der Waals surface area contributed by atoms with Crippen LogP contribution in [0.3, 0.4) is 0 Å². The second-order valence-corrected chi connectivity index (χ2v) is 10.5. The third-order valence-electron chi connectivity index (χ3n) is 4.41. The number of sulfone groups is 1. The molecule has 2 heterocycles. The maximum Gasteiger partial charge on any atom is 0.244 e. The maximum absolute atomic E-state index is 13.7. The summed E-state index contributed by atoms with van der Waals surface area (Å²) in [5.74, 6) is -0.950. The summed E-state index contributed by atoms with van der Waals surface area (Å²) in [4.78, 5) is 3.83. The van der Waals surface area contributed by atoms with Crippen LogP contribution in [0.2, 0.25) is 0 Å². The van der Waals surface area contributed by atoms with Crippen molar-refractivity contribution in [1.82, 2.24) is 9.29 Å². The van der Waals surface area contributed by atoms with Crippen molar-refractivity contribution < 1.29 is 21.2 Å². The molecule has 140 valence electrons. The summed E-state index contributed by atoms with van der Waals surface area (Å²) in [6, 6.07) is 6.28. The van der Waals surface area contributed by atoms with E-state index in [0.717, 1.165) is 10.4 Å². The fourth-order valence-electron chi connectivity index (χ4n) is 3.06. The number of hydrogen-bond donors (Lipinski definition) is 0. The average molecular weight is 398 g/mol. The van der Waals surface area contributed by atoms with E-state index in [0.29, 0.717) is 11.1 Å². The van der Waals surface area contributed by atoms with Crippen LogP contribution in [0.4, 0.5) is 4.39 Å². The Labute approximate surface area is 152 Å². The van der Waals surface area contributed by atoms with E-state index in [1.165, 1.54) is 18.3 Å². The van der Waals surface area contributed by atoms with Crippen LogP contribution < -0.4 is 0 Å². The predicted molar refractivity (Wildman–Crippen MR) is 95.2 cm³/mol. The predicted octanol–water partition coefficient (Wildman–Crippen LogP) is 1.91. The van der Waals surface area contributed by atoms with Crippen LogP contribution in [0, 0.1) is 12.7 Å². The summed E-state index contributed by atoms with van der Waals surface area (Å²) >= 11 is 0. The van der Waals surface area contributed by atoms with Gasteiger partial charge in [-0.15, -0.1) is 0 Å². The molecule has 1 aliphatic rings. The fourth-order valence-corrected chi connectivity index (χ4v) is 6.77. The standard InChI is InChI=1S/C17H19FN2O4S2/c1-13-4-5-15(18)9-17(13)26(23,24)20(11-14-3-2-7-19-10-14)16-6-8-25(21,22)12-16/h2-5,7,9-10,16H,6,8,11-12H2,1H3. The third-order valence-corrected chi connectivity index (χ3v) is 8.20. The maximum atomic E-state index is 13.7. The molecule has 0 saturated carbocycles. The van der Waals surface area contributed by atoms with Crippen LogP contribution in [0.1, 0.15) is 17.5 Å². The van der Waals surface area contributed by atoms with Gasteiger partial charge in [-0.1, -0.05) is 12.1 Å². The molecule has 0 amide bonds. The lowest BCUT2D eigenvalue weighted by atomic mass is 10.2. The van der Waals surface area contributed by atoms with Crippen LogP contribution >= 0.6 is 0 Å². The van der Waals surface area contributed by atoms with Crippen LogP contribution in [-0.2, 0) is 26.4 Å². The SMILES string of the molecule is Cc1ccc(F)cc1S(=O)(=O)N(Cc1cccnc1)C1CCS(=O)(=O)C1. The third kappa shape index (κ3) is 3.94. The minimum Gasteiger partial charge on any atom is -0.264 e. The van der Waals surface area contributed by atoms with Gasteiger partial charge in [0.05, 0.1) is 16.4 Å². The van der Waals surface area contributed by atoms with Gasteiger partial charge in [0.1, 0.15) is 5.82 Å². The van der Waals surface area contributed by atoms with E-state index < -0.39 is 31.7 Å². The number of aromatic nitrogens is 1. The Morgan fingerprint density at radius 3 is 2.69 bits per heavy atom. The Bertz CT molecular complexity index is 1010. The fraction of sp³-hybridized carbons (Fsp3) is 0.353. The van der Waals surface area contributed by atoms with Crippen molar-refractivity contribution in [3.8, 4) is 0 Å². The Kier molecular flexibility index (Phi) is 5.14. The zero-order valence-corrected chi connectivity index (χ0v) is 15.8. The van der Waals surface area contributed by atoms with Crippen LogP contribution in [0.25, 0.3) is 0 Å². The molecule has 1 aliphatic heterocycles. The molecule has 0 aliphatic carbocycles. The van der Waals surface area contributed by atoms with Gasteiger partial charge in [0.2, 0.25) is 10.0 Å². The van der Waals surface area contributed by atoms with E-state index in [9.17, 15) is 21.2 Å². The molecule has 3 rings (SSSR count). The highest BCUT2D eigenvalue weighted by Crippen LogP contribution is 2.28. The van der Waals surface area contributed by atoms with Gasteiger partial charge < -0.3 is 0 Å². The summed E-state index contributed by atoms with van der Waals surface area (Å²) < 4.78 is 65.1. The van der Waals surface area contributed by atoms with Gasteiger partial charge in [-0.2, -0.15) is 4.31 Å². The molecular formula is C17H19FN2O4S2. The number of halogens is 1. The average Bonchev–Trinajstić information content (AvgIpc) is 2.95. The van der Waals surface area contributed by atoms with Crippen molar-refractivity contribution >= 4 is 19.9 Å². The summed E-state index contributed by atoms with van der Waals surface area (Å²) in [6.45, 7) is 1.56. The molecule has 1 saturated heterocycles. The lowest BCUT2D eigenvalue weighted by Crippen LogP contribution is -2.40. The molecule has 1 atom stereocenters. The molecule has 1 unspecified atom stereocenters. The molecule has 9 heteroatoms. The minimum atomic E-state index is -4.08. The highest BCUT2D eigenvalue weighted by molar-refractivity contribution is 7.92. The Morgan fingerprint density at radius 2 is 2.08 bits per heavy atom. The first kappa shape index (κ1) is 18.9. The second-order valence-electron chi connectivity index (χ2n) is 6.38. The molecule has 26 heavy (non-hydrogen) atoms. The molecular weight excluding hydrogens is 379 g/mol. The highest BCUT2D eigenvalue weighted by Gasteiger charge is 2.39. The van der Waals surface area contributed by atoms with E-state index in [-0.39, 0.29) is 29.4 Å². The minimum absolute atomic E-state index is 0.0215. The van der Waals surface area contributed by atoms with E-state index in [1.807, 2.05) is 0 Å². The van der Waals surface area contributed by atoms with Gasteiger partial charge >= 0.3 is 0 Å². The number of sulfonamides is 1. The molecule has 6 nitrogen and oxygen atoms in total. The molecule has 1 aromatic heterocycles. The molecule has 1 aromatic carbocycles. The van der Waals surface area contributed by atoms with Gasteiger partial charge in [-0.3, -0.25) is 4.98 Å². The van der Waals surface area contributed by atoms with Gasteiger partial charge in [0.15, 0.2) is 9.84 Å². The lowest BCUT2D eigenvalue weighted by molar-refractivity contribution is 0.333. The zero-order chi connectivity index (χ0) is 18.9. The van der Waals surface area contributed by atoms with Crippen molar-refractivity contribution in [2.24, 2.45) is 0 Å². The Hall–Kier alpha value is -1.84. The van der Waals surface area contributed by atoms with Crippen molar-refractivity contribution in [3.05, 3.63) is 59.7 Å². The van der Waals surface area contributed by atoms with E-state index in [1.54, 1.807) is 25.3 Å². The van der Waals surface area contributed by atoms with Gasteiger partial charge in [-0.25, -0.2) is 21.2 Å². The monoisotopic (exact) mass is 398 g/mol. The summed E-state index contributed by atoms with van der Waals surface area (Å²) in [5, 5.41) is 0. The number of pyridine rings is 1. The lowest BCUT2D eigenvalue weighted by Gasteiger charge is -2.28. The first-order valence-electron chi connectivity index (χ1n) is 8.06. The number of benzene rings is 1. The normalized spacial score (nSPS) is 19.7.